The van der Waals surface area contributed by atoms with Crippen LogP contribution >= 0.6 is 0 Å². The Bertz CT molecular complexity index is 829. The normalized spacial score (nSPS) is 22.3. The molecule has 2 fully saturated rings. The van der Waals surface area contributed by atoms with Gasteiger partial charge in [-0.2, -0.15) is 0 Å². The summed E-state index contributed by atoms with van der Waals surface area (Å²) in [4.78, 5) is 29.8. The molecule has 148 valence electrons. The van der Waals surface area contributed by atoms with Crippen molar-refractivity contribution in [1.82, 2.24) is 14.4 Å². The third kappa shape index (κ3) is 3.75. The van der Waals surface area contributed by atoms with Crippen LogP contribution < -0.4 is 4.74 Å². The number of carbonyl (C=O) groups is 2. The largest absolute Gasteiger partial charge is 0.488 e. The molecule has 4 rings (SSSR count). The monoisotopic (exact) mass is 383 g/mol. The van der Waals surface area contributed by atoms with E-state index in [-0.39, 0.29) is 17.9 Å². The molecule has 2 aromatic rings. The molecule has 28 heavy (non-hydrogen) atoms. The summed E-state index contributed by atoms with van der Waals surface area (Å²) in [5.74, 6) is 0.585. The number of aryl methyl sites for hydroxylation is 1. The molecule has 3 heterocycles. The molecule has 7 nitrogen and oxygen atoms in total. The van der Waals surface area contributed by atoms with Crippen LogP contribution in [-0.4, -0.2) is 71.2 Å². The van der Waals surface area contributed by atoms with Gasteiger partial charge in [0, 0.05) is 32.8 Å². The predicted molar refractivity (Wildman–Crippen MR) is 103 cm³/mol. The van der Waals surface area contributed by atoms with Gasteiger partial charge in [-0.15, -0.1) is 0 Å². The van der Waals surface area contributed by atoms with Gasteiger partial charge in [0.2, 0.25) is 5.91 Å². The smallest absolute Gasteiger partial charge is 0.271 e. The fourth-order valence-electron chi connectivity index (χ4n) is 3.86. The van der Waals surface area contributed by atoms with Crippen LogP contribution in [-0.2, 0) is 16.6 Å². The zero-order chi connectivity index (χ0) is 19.5. The first-order chi connectivity index (χ1) is 13.6. The molecule has 7 heteroatoms. The van der Waals surface area contributed by atoms with Crippen molar-refractivity contribution in [1.29, 1.82) is 0 Å². The minimum atomic E-state index is -0.519. The van der Waals surface area contributed by atoms with Gasteiger partial charge in [-0.1, -0.05) is 18.2 Å². The number of morpholine rings is 1. The number of hydrogen-bond acceptors (Lipinski definition) is 4. The molecule has 0 spiro atoms. The van der Waals surface area contributed by atoms with Crippen molar-refractivity contribution in [2.45, 2.75) is 18.6 Å². The summed E-state index contributed by atoms with van der Waals surface area (Å²) < 4.78 is 13.2. The highest BCUT2D eigenvalue weighted by Crippen LogP contribution is 2.26. The van der Waals surface area contributed by atoms with E-state index in [1.54, 1.807) is 20.4 Å². The summed E-state index contributed by atoms with van der Waals surface area (Å²) in [5.41, 5.74) is 0.570. The Labute approximate surface area is 164 Å². The van der Waals surface area contributed by atoms with E-state index in [0.29, 0.717) is 45.0 Å². The van der Waals surface area contributed by atoms with Crippen LogP contribution in [0.15, 0.2) is 48.7 Å². The first-order valence-corrected chi connectivity index (χ1v) is 9.64. The molecule has 2 saturated heterocycles. The highest BCUT2D eigenvalue weighted by Gasteiger charge is 2.43. The van der Waals surface area contributed by atoms with E-state index in [1.807, 2.05) is 49.6 Å². The van der Waals surface area contributed by atoms with Gasteiger partial charge >= 0.3 is 0 Å². The fourth-order valence-corrected chi connectivity index (χ4v) is 3.86. The van der Waals surface area contributed by atoms with E-state index in [2.05, 4.69) is 0 Å². The maximum Gasteiger partial charge on any atom is 0.271 e. The second-order valence-corrected chi connectivity index (χ2v) is 7.20. The molecule has 0 bridgehead atoms. The quantitative estimate of drug-likeness (QED) is 0.804. The summed E-state index contributed by atoms with van der Waals surface area (Å²) in [6, 6.07) is 12.6. The summed E-state index contributed by atoms with van der Waals surface area (Å²) in [5, 5.41) is 0. The average Bonchev–Trinajstić information content (AvgIpc) is 3.35. The third-order valence-electron chi connectivity index (χ3n) is 5.34. The maximum absolute atomic E-state index is 13.2. The van der Waals surface area contributed by atoms with Gasteiger partial charge in [0.25, 0.3) is 5.91 Å². The lowest BCUT2D eigenvalue weighted by Crippen LogP contribution is -2.51. The minimum absolute atomic E-state index is 0.0231. The van der Waals surface area contributed by atoms with Crippen LogP contribution in [0.3, 0.4) is 0 Å². The first kappa shape index (κ1) is 18.6. The van der Waals surface area contributed by atoms with E-state index in [4.69, 9.17) is 9.47 Å². The number of likely N-dealkylation sites (tertiary alicyclic amines) is 1. The van der Waals surface area contributed by atoms with E-state index in [0.717, 1.165) is 5.75 Å². The number of hydrogen-bond donors (Lipinski definition) is 0. The number of para-hydroxylation sites is 1. The van der Waals surface area contributed by atoms with Crippen LogP contribution in [0.1, 0.15) is 16.9 Å². The fraction of sp³-hybridized carbons (Fsp3) is 0.429. The molecule has 2 aliphatic heterocycles. The van der Waals surface area contributed by atoms with Gasteiger partial charge in [0.1, 0.15) is 23.6 Å². The van der Waals surface area contributed by atoms with Gasteiger partial charge in [-0.3, -0.25) is 9.59 Å². The zero-order valence-corrected chi connectivity index (χ0v) is 16.0. The van der Waals surface area contributed by atoms with Gasteiger partial charge in [0.15, 0.2) is 0 Å². The van der Waals surface area contributed by atoms with Gasteiger partial charge in [-0.05, 0) is 24.3 Å². The molecule has 2 amide bonds. The number of aromatic nitrogens is 1. The molecule has 0 aliphatic carbocycles. The van der Waals surface area contributed by atoms with Gasteiger partial charge in [-0.25, -0.2) is 0 Å². The Balaban J connectivity index is 1.55. The number of benzene rings is 1. The van der Waals surface area contributed by atoms with Crippen molar-refractivity contribution in [3.05, 3.63) is 54.4 Å². The molecule has 0 saturated carbocycles. The van der Waals surface area contributed by atoms with Crippen molar-refractivity contribution in [3.8, 4) is 5.75 Å². The Morgan fingerprint density at radius 2 is 1.82 bits per heavy atom. The third-order valence-corrected chi connectivity index (χ3v) is 5.34. The van der Waals surface area contributed by atoms with Crippen molar-refractivity contribution in [2.24, 2.45) is 7.05 Å². The van der Waals surface area contributed by atoms with Crippen molar-refractivity contribution >= 4 is 11.8 Å². The minimum Gasteiger partial charge on any atom is -0.488 e. The van der Waals surface area contributed by atoms with Crippen LogP contribution in [0.25, 0.3) is 0 Å². The van der Waals surface area contributed by atoms with Gasteiger partial charge < -0.3 is 23.8 Å². The molecule has 1 aromatic carbocycles. The van der Waals surface area contributed by atoms with Crippen LogP contribution in [0.2, 0.25) is 0 Å². The lowest BCUT2D eigenvalue weighted by atomic mass is 10.1. The Morgan fingerprint density at radius 1 is 1.07 bits per heavy atom. The summed E-state index contributed by atoms with van der Waals surface area (Å²) in [6.07, 6.45) is 2.10. The standard InChI is InChI=1S/C21H25N3O4/c1-22-9-5-8-18(22)21(26)24-15-17(28-16-6-3-2-4-7-16)14-19(24)20(25)23-10-12-27-13-11-23/h2-9,17,19H,10-15H2,1H3/t17-,19-/m0/s1. The molecule has 0 unspecified atom stereocenters. The summed E-state index contributed by atoms with van der Waals surface area (Å²) in [6.45, 7) is 2.58. The number of nitrogens with zero attached hydrogens (tertiary/aromatic N) is 3. The van der Waals surface area contributed by atoms with Crippen LogP contribution in [0.5, 0.6) is 5.75 Å². The van der Waals surface area contributed by atoms with E-state index >= 15 is 0 Å². The Morgan fingerprint density at radius 3 is 2.50 bits per heavy atom. The highest BCUT2D eigenvalue weighted by atomic mass is 16.5. The number of amides is 2. The van der Waals surface area contributed by atoms with E-state index in [1.165, 1.54) is 0 Å². The molecule has 1 aromatic heterocycles. The van der Waals surface area contributed by atoms with E-state index in [9.17, 15) is 9.59 Å². The highest BCUT2D eigenvalue weighted by molar-refractivity contribution is 5.97. The lowest BCUT2D eigenvalue weighted by molar-refractivity contribution is -0.139. The second-order valence-electron chi connectivity index (χ2n) is 7.20. The SMILES string of the molecule is Cn1cccc1C(=O)N1C[C@@H](Oc2ccccc2)C[C@H]1C(=O)N1CCOCC1. The van der Waals surface area contributed by atoms with Crippen molar-refractivity contribution in [2.75, 3.05) is 32.8 Å². The predicted octanol–water partition coefficient (Wildman–Crippen LogP) is 1.55. The average molecular weight is 383 g/mol. The lowest BCUT2D eigenvalue weighted by Gasteiger charge is -2.32. The Hall–Kier alpha value is -2.80. The summed E-state index contributed by atoms with van der Waals surface area (Å²) >= 11 is 0. The zero-order valence-electron chi connectivity index (χ0n) is 16.0. The second kappa shape index (κ2) is 8.06. The Kier molecular flexibility index (Phi) is 5.34. The molecular formula is C21H25N3O4. The molecular weight excluding hydrogens is 358 g/mol. The number of carbonyl (C=O) groups excluding carboxylic acids is 2. The molecule has 0 radical (unpaired) electrons. The van der Waals surface area contributed by atoms with Gasteiger partial charge in [0.05, 0.1) is 19.8 Å². The number of ether oxygens (including phenoxy) is 2. The topological polar surface area (TPSA) is 64.0 Å². The van der Waals surface area contributed by atoms with E-state index < -0.39 is 6.04 Å². The van der Waals surface area contributed by atoms with Crippen molar-refractivity contribution in [3.63, 3.8) is 0 Å². The maximum atomic E-state index is 13.2. The molecule has 2 aliphatic rings. The first-order valence-electron chi connectivity index (χ1n) is 9.64. The van der Waals surface area contributed by atoms with Crippen molar-refractivity contribution < 1.29 is 19.1 Å². The van der Waals surface area contributed by atoms with Crippen LogP contribution in [0.4, 0.5) is 0 Å². The summed E-state index contributed by atoms with van der Waals surface area (Å²) in [7, 11) is 1.83. The number of rotatable bonds is 4. The molecule has 0 N–H and O–H groups in total. The van der Waals surface area contributed by atoms with Crippen LogP contribution in [0, 0.1) is 0 Å². The molecule has 2 atom stereocenters.